The number of pyridine rings is 2. The van der Waals surface area contributed by atoms with Crippen molar-refractivity contribution < 1.29 is 19.7 Å². The van der Waals surface area contributed by atoms with Crippen LogP contribution in [0.5, 0.6) is 5.88 Å². The van der Waals surface area contributed by atoms with Crippen LogP contribution in [0.3, 0.4) is 0 Å². The molecule has 2 aromatic heterocycles. The second-order valence-electron chi connectivity index (χ2n) is 8.78. The number of methoxy groups -OCH3 is 1. The Balaban J connectivity index is 1.38. The largest absolute Gasteiger partial charge is 0.481 e. The highest BCUT2D eigenvalue weighted by atomic mass is 16.5. The van der Waals surface area contributed by atoms with Gasteiger partial charge in [-0.1, -0.05) is 6.08 Å². The van der Waals surface area contributed by atoms with Gasteiger partial charge in [0.2, 0.25) is 5.88 Å². The standard InChI is InChI=1S/C25H34N4O4/c1-32-24-10-9-22-25(29-24)17(11-13-27-22)5-6-20-7-8-21(23(33-20)14-19(31)16-30)28-15-18-4-2-3-12-26-18/h3,9-13,19-21,23,28,30-31H,2,4-8,14-16H2,1H3/t19?,20-,21-,23-/m1/s1. The quantitative estimate of drug-likeness (QED) is 0.506. The average molecular weight is 455 g/mol. The number of nitrogens with one attached hydrogen (secondary N) is 1. The number of ether oxygens (including phenoxy) is 2. The lowest BCUT2D eigenvalue weighted by Gasteiger charge is -2.38. The third-order valence-corrected chi connectivity index (χ3v) is 6.45. The number of aliphatic hydroxyl groups is 2. The van der Waals surface area contributed by atoms with E-state index in [1.807, 2.05) is 30.6 Å². The minimum absolute atomic E-state index is 0.0859. The highest BCUT2D eigenvalue weighted by Gasteiger charge is 2.32. The van der Waals surface area contributed by atoms with Gasteiger partial charge in [-0.15, -0.1) is 0 Å². The Labute approximate surface area is 194 Å². The summed E-state index contributed by atoms with van der Waals surface area (Å²) in [5.41, 5.74) is 3.99. The molecule has 0 aliphatic carbocycles. The van der Waals surface area contributed by atoms with Crippen LogP contribution in [0, 0.1) is 0 Å². The molecule has 0 radical (unpaired) electrons. The molecule has 0 amide bonds. The van der Waals surface area contributed by atoms with Crippen LogP contribution >= 0.6 is 0 Å². The van der Waals surface area contributed by atoms with Crippen LogP contribution in [0.15, 0.2) is 41.7 Å². The predicted octanol–water partition coefficient (Wildman–Crippen LogP) is 2.57. The van der Waals surface area contributed by atoms with Gasteiger partial charge in [0.25, 0.3) is 0 Å². The van der Waals surface area contributed by atoms with Crippen molar-refractivity contribution in [2.24, 2.45) is 4.99 Å². The Bertz CT molecular complexity index is 980. The van der Waals surface area contributed by atoms with Gasteiger partial charge in [0.05, 0.1) is 43.1 Å². The fourth-order valence-corrected chi connectivity index (χ4v) is 4.59. The molecule has 0 bridgehead atoms. The zero-order chi connectivity index (χ0) is 23.0. The van der Waals surface area contributed by atoms with Gasteiger partial charge >= 0.3 is 0 Å². The number of fused-ring (bicyclic) bond motifs is 1. The Morgan fingerprint density at radius 1 is 1.27 bits per heavy atom. The molecule has 2 aliphatic rings. The SMILES string of the molecule is COc1ccc2nccc(CC[C@@H]3CC[C@@H](NCC4=NC=CCC4)[C@@H](CC(O)CO)O3)c2n1. The van der Waals surface area contributed by atoms with E-state index in [4.69, 9.17) is 9.47 Å². The van der Waals surface area contributed by atoms with Gasteiger partial charge in [0.1, 0.15) is 0 Å². The van der Waals surface area contributed by atoms with Gasteiger partial charge in [-0.25, -0.2) is 4.98 Å². The Morgan fingerprint density at radius 3 is 2.97 bits per heavy atom. The number of aryl methyl sites for hydroxylation is 1. The second kappa shape index (κ2) is 11.7. The molecule has 4 heterocycles. The summed E-state index contributed by atoms with van der Waals surface area (Å²) in [6.07, 6.45) is 10.9. The minimum atomic E-state index is -0.784. The fourth-order valence-electron chi connectivity index (χ4n) is 4.59. The van der Waals surface area contributed by atoms with Crippen LogP contribution in [0.1, 0.15) is 44.1 Å². The van der Waals surface area contributed by atoms with E-state index in [1.54, 1.807) is 7.11 Å². The first-order valence-electron chi connectivity index (χ1n) is 11.8. The van der Waals surface area contributed by atoms with Crippen molar-refractivity contribution in [3.63, 3.8) is 0 Å². The molecule has 178 valence electrons. The van der Waals surface area contributed by atoms with Crippen LogP contribution in [0.4, 0.5) is 0 Å². The number of rotatable bonds is 10. The van der Waals surface area contributed by atoms with Crippen molar-refractivity contribution in [1.82, 2.24) is 15.3 Å². The maximum Gasteiger partial charge on any atom is 0.213 e. The van der Waals surface area contributed by atoms with Gasteiger partial charge in [-0.2, -0.15) is 0 Å². The van der Waals surface area contributed by atoms with Crippen molar-refractivity contribution in [3.05, 3.63) is 42.2 Å². The molecular weight excluding hydrogens is 420 g/mol. The van der Waals surface area contributed by atoms with Crippen molar-refractivity contribution in [2.45, 2.75) is 69.3 Å². The molecule has 0 spiro atoms. The molecule has 1 unspecified atom stereocenters. The smallest absolute Gasteiger partial charge is 0.213 e. The van der Waals surface area contributed by atoms with Crippen molar-refractivity contribution in [3.8, 4) is 5.88 Å². The van der Waals surface area contributed by atoms with E-state index in [1.165, 1.54) is 0 Å². The van der Waals surface area contributed by atoms with Gasteiger partial charge in [-0.05, 0) is 56.2 Å². The minimum Gasteiger partial charge on any atom is -0.481 e. The molecule has 1 saturated heterocycles. The number of allylic oxidation sites excluding steroid dienone is 1. The summed E-state index contributed by atoms with van der Waals surface area (Å²) in [4.78, 5) is 13.5. The average Bonchev–Trinajstić information content (AvgIpc) is 2.87. The van der Waals surface area contributed by atoms with Crippen LogP contribution in [0.2, 0.25) is 0 Å². The third-order valence-electron chi connectivity index (χ3n) is 6.45. The highest BCUT2D eigenvalue weighted by molar-refractivity contribution is 5.87. The maximum absolute atomic E-state index is 10.1. The molecule has 8 heteroatoms. The first-order valence-corrected chi connectivity index (χ1v) is 11.8. The van der Waals surface area contributed by atoms with E-state index in [0.717, 1.165) is 67.4 Å². The van der Waals surface area contributed by atoms with Crippen molar-refractivity contribution in [2.75, 3.05) is 20.3 Å². The fraction of sp³-hybridized carbons (Fsp3) is 0.560. The van der Waals surface area contributed by atoms with Gasteiger partial charge in [0, 0.05) is 43.2 Å². The molecule has 3 N–H and O–H groups in total. The molecule has 1 fully saturated rings. The third kappa shape index (κ3) is 6.35. The number of aliphatic imine (C=N–C) groups is 1. The van der Waals surface area contributed by atoms with Crippen molar-refractivity contribution >= 4 is 16.7 Å². The number of hydrogen-bond donors (Lipinski definition) is 3. The summed E-state index contributed by atoms with van der Waals surface area (Å²) < 4.78 is 11.7. The van der Waals surface area contributed by atoms with Crippen LogP contribution in [-0.4, -0.2) is 70.5 Å². The summed E-state index contributed by atoms with van der Waals surface area (Å²) >= 11 is 0. The van der Waals surface area contributed by atoms with E-state index in [9.17, 15) is 10.2 Å². The summed E-state index contributed by atoms with van der Waals surface area (Å²) in [7, 11) is 1.61. The molecule has 0 saturated carbocycles. The predicted molar refractivity (Wildman–Crippen MR) is 128 cm³/mol. The molecule has 2 aromatic rings. The Kier molecular flexibility index (Phi) is 8.39. The molecule has 33 heavy (non-hydrogen) atoms. The molecule has 4 rings (SSSR count). The van der Waals surface area contributed by atoms with Gasteiger partial charge in [0.15, 0.2) is 0 Å². The van der Waals surface area contributed by atoms with E-state index >= 15 is 0 Å². The van der Waals surface area contributed by atoms with E-state index < -0.39 is 6.10 Å². The zero-order valence-electron chi connectivity index (χ0n) is 19.2. The first kappa shape index (κ1) is 23.8. The lowest BCUT2D eigenvalue weighted by molar-refractivity contribution is -0.0915. The van der Waals surface area contributed by atoms with E-state index in [2.05, 4.69) is 26.4 Å². The maximum atomic E-state index is 10.1. The van der Waals surface area contributed by atoms with Crippen LogP contribution < -0.4 is 10.1 Å². The summed E-state index contributed by atoms with van der Waals surface area (Å²) in [6.45, 7) is 0.469. The number of nitrogens with zero attached hydrogens (tertiary/aromatic N) is 3. The summed E-state index contributed by atoms with van der Waals surface area (Å²) in [6, 6.07) is 5.89. The Hall–Kier alpha value is -2.39. The summed E-state index contributed by atoms with van der Waals surface area (Å²) in [5, 5.41) is 23.0. The lowest BCUT2D eigenvalue weighted by Crippen LogP contribution is -2.50. The monoisotopic (exact) mass is 454 g/mol. The number of hydrogen-bond acceptors (Lipinski definition) is 8. The van der Waals surface area contributed by atoms with Crippen molar-refractivity contribution in [1.29, 1.82) is 0 Å². The molecule has 8 nitrogen and oxygen atoms in total. The number of aliphatic hydroxyl groups excluding tert-OH is 2. The topological polar surface area (TPSA) is 109 Å². The van der Waals surface area contributed by atoms with E-state index in [-0.39, 0.29) is 24.9 Å². The van der Waals surface area contributed by atoms with Crippen LogP contribution in [0.25, 0.3) is 11.0 Å². The van der Waals surface area contributed by atoms with E-state index in [0.29, 0.717) is 12.3 Å². The first-order chi connectivity index (χ1) is 16.2. The molecular formula is C25H34N4O4. The Morgan fingerprint density at radius 2 is 2.18 bits per heavy atom. The normalized spacial score (nSPS) is 24.0. The number of aromatic nitrogens is 2. The zero-order valence-corrected chi connectivity index (χ0v) is 19.2. The molecule has 0 aromatic carbocycles. The summed E-state index contributed by atoms with van der Waals surface area (Å²) in [5.74, 6) is 0.579. The molecule has 4 atom stereocenters. The van der Waals surface area contributed by atoms with Gasteiger partial charge < -0.3 is 25.0 Å². The lowest BCUT2D eigenvalue weighted by atomic mass is 9.92. The second-order valence-corrected chi connectivity index (χ2v) is 8.78. The molecule has 2 aliphatic heterocycles. The van der Waals surface area contributed by atoms with Crippen LogP contribution in [-0.2, 0) is 11.2 Å². The highest BCUT2D eigenvalue weighted by Crippen LogP contribution is 2.27. The van der Waals surface area contributed by atoms with Gasteiger partial charge in [-0.3, -0.25) is 9.98 Å².